The summed E-state index contributed by atoms with van der Waals surface area (Å²) in [7, 11) is 0. The Balaban J connectivity index is 1.49. The molecule has 6 heteroatoms. The number of carbonyl (C=O) groups is 2. The van der Waals surface area contributed by atoms with E-state index in [1.54, 1.807) is 0 Å². The van der Waals surface area contributed by atoms with Crippen LogP contribution in [0.25, 0.3) is 0 Å². The van der Waals surface area contributed by atoms with Gasteiger partial charge in [-0.15, -0.1) is 0 Å². The highest BCUT2D eigenvalue weighted by Crippen LogP contribution is 2.39. The Morgan fingerprint density at radius 2 is 1.94 bits per heavy atom. The van der Waals surface area contributed by atoms with E-state index in [-0.39, 0.29) is 17.2 Å². The number of piperidine rings is 2. The smallest absolute Gasteiger partial charge is 0.224 e. The fraction of sp³-hybridized carbons (Fsp3) is 0.680. The number of rotatable bonds is 5. The Morgan fingerprint density at radius 3 is 2.71 bits per heavy atom. The first-order chi connectivity index (χ1) is 15.0. The molecule has 3 aliphatic rings. The van der Waals surface area contributed by atoms with Crippen LogP contribution in [-0.4, -0.2) is 67.4 Å². The molecule has 1 atom stereocenters. The molecule has 1 aromatic rings. The summed E-state index contributed by atoms with van der Waals surface area (Å²) in [6.07, 6.45) is 6.37. The van der Waals surface area contributed by atoms with E-state index in [1.807, 2.05) is 0 Å². The summed E-state index contributed by atoms with van der Waals surface area (Å²) in [6, 6.07) is 8.66. The zero-order chi connectivity index (χ0) is 21.7. The molecule has 6 nitrogen and oxygen atoms in total. The molecule has 1 unspecified atom stereocenters. The van der Waals surface area contributed by atoms with E-state index in [9.17, 15) is 9.59 Å². The van der Waals surface area contributed by atoms with E-state index in [1.165, 1.54) is 56.8 Å². The van der Waals surface area contributed by atoms with Gasteiger partial charge in [-0.1, -0.05) is 24.3 Å². The van der Waals surface area contributed by atoms with Crippen molar-refractivity contribution in [2.45, 2.75) is 52.0 Å². The van der Waals surface area contributed by atoms with Crippen molar-refractivity contribution in [1.29, 1.82) is 0 Å². The number of fused-ring (bicyclic) bond motifs is 1. The second-order valence-electron chi connectivity index (χ2n) is 9.96. The van der Waals surface area contributed by atoms with E-state index in [4.69, 9.17) is 0 Å². The first-order valence-corrected chi connectivity index (χ1v) is 12.1. The molecule has 3 aliphatic heterocycles. The van der Waals surface area contributed by atoms with Gasteiger partial charge in [-0.25, -0.2) is 0 Å². The number of benzene rings is 1. The van der Waals surface area contributed by atoms with Gasteiger partial charge in [-0.05, 0) is 68.8 Å². The van der Waals surface area contributed by atoms with Gasteiger partial charge in [0.1, 0.15) is 0 Å². The van der Waals surface area contributed by atoms with Gasteiger partial charge in [-0.2, -0.15) is 0 Å². The fourth-order valence-electron chi connectivity index (χ4n) is 5.86. The Kier molecular flexibility index (Phi) is 7.28. The van der Waals surface area contributed by atoms with Crippen LogP contribution in [0.5, 0.6) is 0 Å². The molecule has 4 rings (SSSR count). The number of hydrogen-bond donors (Lipinski definition) is 2. The Bertz CT molecular complexity index is 777. The standard InChI is InChI=1S/C25H38N4O2/c1-20(30)27-13-9-24(31)29-17-23-6-3-2-5-22(23)15-25(19-29)10-4-14-28(18-25)16-21-7-11-26-12-8-21/h2-3,5-6,21,26H,4,7-19H2,1H3,(H,27,30). The Hall–Kier alpha value is -1.92. The molecular weight excluding hydrogens is 388 g/mol. The highest BCUT2D eigenvalue weighted by atomic mass is 16.2. The van der Waals surface area contributed by atoms with Crippen molar-refractivity contribution in [2.24, 2.45) is 11.3 Å². The molecule has 0 aliphatic carbocycles. The van der Waals surface area contributed by atoms with Crippen LogP contribution in [-0.2, 0) is 22.6 Å². The van der Waals surface area contributed by atoms with Crippen LogP contribution >= 0.6 is 0 Å². The average molecular weight is 427 g/mol. The lowest BCUT2D eigenvalue weighted by atomic mass is 9.74. The predicted octanol–water partition coefficient (Wildman–Crippen LogP) is 2.18. The summed E-state index contributed by atoms with van der Waals surface area (Å²) in [6.45, 7) is 9.18. The summed E-state index contributed by atoms with van der Waals surface area (Å²) >= 11 is 0. The number of carbonyl (C=O) groups excluding carboxylic acids is 2. The zero-order valence-electron chi connectivity index (χ0n) is 19.0. The highest BCUT2D eigenvalue weighted by Gasteiger charge is 2.40. The minimum atomic E-state index is -0.0775. The van der Waals surface area contributed by atoms with E-state index in [0.717, 1.165) is 38.5 Å². The third-order valence-corrected chi connectivity index (χ3v) is 7.35. The topological polar surface area (TPSA) is 64.7 Å². The van der Waals surface area contributed by atoms with Crippen molar-refractivity contribution in [1.82, 2.24) is 20.4 Å². The van der Waals surface area contributed by atoms with Gasteiger partial charge < -0.3 is 20.4 Å². The summed E-state index contributed by atoms with van der Waals surface area (Å²) in [5.41, 5.74) is 2.81. The summed E-state index contributed by atoms with van der Waals surface area (Å²) in [5.74, 6) is 0.872. The van der Waals surface area contributed by atoms with Gasteiger partial charge in [0, 0.05) is 51.5 Å². The van der Waals surface area contributed by atoms with Crippen LogP contribution < -0.4 is 10.6 Å². The molecule has 0 radical (unpaired) electrons. The van der Waals surface area contributed by atoms with E-state index < -0.39 is 0 Å². The molecule has 0 aromatic heterocycles. The lowest BCUT2D eigenvalue weighted by Gasteiger charge is -2.45. The molecule has 2 amide bonds. The first-order valence-electron chi connectivity index (χ1n) is 12.1. The van der Waals surface area contributed by atoms with Gasteiger partial charge in [0.2, 0.25) is 11.8 Å². The van der Waals surface area contributed by atoms with E-state index in [0.29, 0.717) is 19.5 Å². The maximum Gasteiger partial charge on any atom is 0.224 e. The second-order valence-corrected chi connectivity index (χ2v) is 9.96. The lowest BCUT2D eigenvalue weighted by molar-refractivity contribution is -0.134. The zero-order valence-corrected chi connectivity index (χ0v) is 19.0. The Morgan fingerprint density at radius 1 is 1.16 bits per heavy atom. The third kappa shape index (κ3) is 5.86. The van der Waals surface area contributed by atoms with Gasteiger partial charge in [0.05, 0.1) is 0 Å². The molecular formula is C25H38N4O2. The second kappa shape index (κ2) is 10.1. The lowest BCUT2D eigenvalue weighted by Crippen LogP contribution is -2.52. The monoisotopic (exact) mass is 426 g/mol. The molecule has 2 saturated heterocycles. The average Bonchev–Trinajstić information content (AvgIpc) is 2.90. The number of likely N-dealkylation sites (tertiary alicyclic amines) is 1. The molecule has 170 valence electrons. The van der Waals surface area contributed by atoms with Gasteiger partial charge >= 0.3 is 0 Å². The van der Waals surface area contributed by atoms with Crippen molar-refractivity contribution in [3.63, 3.8) is 0 Å². The minimum absolute atomic E-state index is 0.0775. The van der Waals surface area contributed by atoms with E-state index in [2.05, 4.69) is 44.7 Å². The molecule has 2 fully saturated rings. The van der Waals surface area contributed by atoms with Gasteiger partial charge in [0.15, 0.2) is 0 Å². The van der Waals surface area contributed by atoms with Crippen molar-refractivity contribution >= 4 is 11.8 Å². The molecule has 1 aromatic carbocycles. The first kappa shape index (κ1) is 22.3. The maximum atomic E-state index is 13.1. The van der Waals surface area contributed by atoms with E-state index >= 15 is 0 Å². The minimum Gasteiger partial charge on any atom is -0.356 e. The summed E-state index contributed by atoms with van der Waals surface area (Å²) < 4.78 is 0. The van der Waals surface area contributed by atoms with Gasteiger partial charge in [-0.3, -0.25) is 9.59 Å². The molecule has 3 heterocycles. The number of nitrogens with one attached hydrogen (secondary N) is 2. The van der Waals surface area contributed by atoms with Crippen molar-refractivity contribution in [2.75, 3.05) is 45.8 Å². The van der Waals surface area contributed by atoms with Crippen LogP contribution in [0.3, 0.4) is 0 Å². The summed E-state index contributed by atoms with van der Waals surface area (Å²) in [5, 5.41) is 6.26. The normalized spacial score (nSPS) is 25.1. The molecule has 1 spiro atoms. The van der Waals surface area contributed by atoms with Crippen molar-refractivity contribution < 1.29 is 9.59 Å². The van der Waals surface area contributed by atoms with Crippen LogP contribution in [0.1, 0.15) is 50.2 Å². The SMILES string of the molecule is CC(=O)NCCC(=O)N1Cc2ccccc2CC2(CCCN(CC3CCNCC3)C2)C1. The third-order valence-electron chi connectivity index (χ3n) is 7.35. The van der Waals surface area contributed by atoms with Crippen LogP contribution in [0.4, 0.5) is 0 Å². The largest absolute Gasteiger partial charge is 0.356 e. The molecule has 0 bridgehead atoms. The summed E-state index contributed by atoms with van der Waals surface area (Å²) in [4.78, 5) is 29.1. The number of hydrogen-bond acceptors (Lipinski definition) is 4. The number of amides is 2. The van der Waals surface area contributed by atoms with Crippen LogP contribution in [0, 0.1) is 11.3 Å². The maximum absolute atomic E-state index is 13.1. The predicted molar refractivity (Wildman–Crippen MR) is 123 cm³/mol. The van der Waals surface area contributed by atoms with Crippen molar-refractivity contribution in [3.8, 4) is 0 Å². The fourth-order valence-corrected chi connectivity index (χ4v) is 5.86. The molecule has 0 saturated carbocycles. The Labute approximate surface area is 186 Å². The quantitative estimate of drug-likeness (QED) is 0.758. The molecule has 2 N–H and O–H groups in total. The van der Waals surface area contributed by atoms with Gasteiger partial charge in [0.25, 0.3) is 0 Å². The number of nitrogens with zero attached hydrogens (tertiary/aromatic N) is 2. The molecule has 31 heavy (non-hydrogen) atoms. The van der Waals surface area contributed by atoms with Crippen molar-refractivity contribution in [3.05, 3.63) is 35.4 Å². The van der Waals surface area contributed by atoms with Crippen LogP contribution in [0.2, 0.25) is 0 Å². The highest BCUT2D eigenvalue weighted by molar-refractivity contribution is 5.78. The van der Waals surface area contributed by atoms with Crippen LogP contribution in [0.15, 0.2) is 24.3 Å².